The van der Waals surface area contributed by atoms with Crippen LogP contribution in [0.2, 0.25) is 0 Å². The van der Waals surface area contributed by atoms with Gasteiger partial charge in [0.15, 0.2) is 9.84 Å². The standard InChI is InChI=1S/C17H25NO3S/c1-5-9-14-21-15-10-12-16(13-11-15)22(19,20)17(6-2)18(7-3)8-4/h10-13,17H,6-8,14H2,1-4H3. The highest BCUT2D eigenvalue weighted by Gasteiger charge is 2.29. The third kappa shape index (κ3) is 4.49. The molecular weight excluding hydrogens is 298 g/mol. The Morgan fingerprint density at radius 3 is 2.18 bits per heavy atom. The fraction of sp³-hybridized carbons (Fsp3) is 0.529. The van der Waals surface area contributed by atoms with E-state index in [4.69, 9.17) is 4.74 Å². The predicted molar refractivity (Wildman–Crippen MR) is 89.6 cm³/mol. The van der Waals surface area contributed by atoms with E-state index in [-0.39, 0.29) is 0 Å². The average molecular weight is 323 g/mol. The number of hydrogen-bond donors (Lipinski definition) is 0. The molecule has 22 heavy (non-hydrogen) atoms. The van der Waals surface area contributed by atoms with Crippen molar-refractivity contribution < 1.29 is 13.2 Å². The lowest BCUT2D eigenvalue weighted by Crippen LogP contribution is -2.40. The largest absolute Gasteiger partial charge is 0.481 e. The lowest BCUT2D eigenvalue weighted by molar-refractivity contribution is 0.267. The number of hydrogen-bond acceptors (Lipinski definition) is 4. The van der Waals surface area contributed by atoms with Crippen LogP contribution in [0.25, 0.3) is 0 Å². The molecule has 0 spiro atoms. The molecule has 5 heteroatoms. The number of sulfone groups is 1. The molecule has 0 amide bonds. The van der Waals surface area contributed by atoms with Gasteiger partial charge in [0.1, 0.15) is 17.7 Å². The number of benzene rings is 1. The second-order valence-corrected chi connectivity index (χ2v) is 6.92. The van der Waals surface area contributed by atoms with Crippen LogP contribution >= 0.6 is 0 Å². The fourth-order valence-corrected chi connectivity index (χ4v) is 4.34. The Morgan fingerprint density at radius 1 is 1.14 bits per heavy atom. The molecule has 1 atom stereocenters. The first-order valence-corrected chi connectivity index (χ1v) is 9.16. The Kier molecular flexibility index (Phi) is 7.43. The Hall–Kier alpha value is -1.51. The van der Waals surface area contributed by atoms with Gasteiger partial charge in [-0.3, -0.25) is 4.90 Å². The quantitative estimate of drug-likeness (QED) is 0.690. The Labute approximate surface area is 134 Å². The topological polar surface area (TPSA) is 46.6 Å². The van der Waals surface area contributed by atoms with E-state index in [1.54, 1.807) is 31.2 Å². The molecule has 1 unspecified atom stereocenters. The molecule has 0 aliphatic heterocycles. The van der Waals surface area contributed by atoms with Crippen LogP contribution in [0.3, 0.4) is 0 Å². The first-order chi connectivity index (χ1) is 10.5. The van der Waals surface area contributed by atoms with Gasteiger partial charge in [0.25, 0.3) is 0 Å². The van der Waals surface area contributed by atoms with Crippen molar-refractivity contribution in [3.05, 3.63) is 24.3 Å². The molecule has 0 fully saturated rings. The second-order valence-electron chi connectivity index (χ2n) is 4.82. The summed E-state index contributed by atoms with van der Waals surface area (Å²) in [7, 11) is -3.37. The van der Waals surface area contributed by atoms with E-state index in [1.165, 1.54) is 0 Å². The van der Waals surface area contributed by atoms with Crippen molar-refractivity contribution >= 4 is 9.84 Å². The van der Waals surface area contributed by atoms with Crippen molar-refractivity contribution in [2.45, 2.75) is 44.4 Å². The van der Waals surface area contributed by atoms with Crippen molar-refractivity contribution in [2.24, 2.45) is 0 Å². The summed E-state index contributed by atoms with van der Waals surface area (Å²) in [4.78, 5) is 2.30. The third-order valence-corrected chi connectivity index (χ3v) is 5.84. The Bertz CT molecular complexity index is 608. The maximum absolute atomic E-state index is 12.8. The van der Waals surface area contributed by atoms with Gasteiger partial charge in [0.05, 0.1) is 4.90 Å². The minimum atomic E-state index is -3.37. The van der Waals surface area contributed by atoms with Crippen molar-refractivity contribution in [3.63, 3.8) is 0 Å². The molecule has 1 aromatic rings. The van der Waals surface area contributed by atoms with E-state index in [2.05, 4.69) is 11.8 Å². The highest BCUT2D eigenvalue weighted by molar-refractivity contribution is 7.92. The SMILES string of the molecule is CC#CCOc1ccc(S(=O)(=O)C(CC)N(CC)CC)cc1. The first-order valence-electron chi connectivity index (χ1n) is 7.61. The smallest absolute Gasteiger partial charge is 0.194 e. The van der Waals surface area contributed by atoms with E-state index in [1.807, 2.05) is 25.7 Å². The maximum atomic E-state index is 12.8. The summed E-state index contributed by atoms with van der Waals surface area (Å²) >= 11 is 0. The van der Waals surface area contributed by atoms with Crippen LogP contribution in [-0.4, -0.2) is 38.4 Å². The molecule has 0 aromatic heterocycles. The first kappa shape index (κ1) is 18.5. The molecule has 0 saturated heterocycles. The zero-order chi connectivity index (χ0) is 16.6. The summed E-state index contributed by atoms with van der Waals surface area (Å²) < 4.78 is 31.0. The molecule has 4 nitrogen and oxygen atoms in total. The average Bonchev–Trinajstić information content (AvgIpc) is 2.53. The van der Waals surface area contributed by atoms with E-state index in [0.717, 1.165) is 0 Å². The minimum absolute atomic E-state index is 0.305. The van der Waals surface area contributed by atoms with Gasteiger partial charge in [-0.1, -0.05) is 26.7 Å². The molecule has 0 aliphatic rings. The molecule has 1 rings (SSSR count). The predicted octanol–water partition coefficient (Wildman–Crippen LogP) is 2.94. The fourth-order valence-electron chi connectivity index (χ4n) is 2.38. The summed E-state index contributed by atoms with van der Waals surface area (Å²) in [5, 5.41) is -0.486. The van der Waals surface area contributed by atoms with E-state index in [0.29, 0.717) is 36.8 Å². The zero-order valence-electron chi connectivity index (χ0n) is 13.8. The monoisotopic (exact) mass is 323 g/mol. The summed E-state index contributed by atoms with van der Waals surface area (Å²) in [6.07, 6.45) is 0.564. The molecule has 0 aliphatic carbocycles. The highest BCUT2D eigenvalue weighted by atomic mass is 32.2. The van der Waals surface area contributed by atoms with Crippen molar-refractivity contribution in [3.8, 4) is 17.6 Å². The van der Waals surface area contributed by atoms with Crippen molar-refractivity contribution in [1.82, 2.24) is 4.90 Å². The van der Waals surface area contributed by atoms with Gasteiger partial charge in [0, 0.05) is 0 Å². The van der Waals surface area contributed by atoms with E-state index >= 15 is 0 Å². The van der Waals surface area contributed by atoms with Crippen molar-refractivity contribution in [1.29, 1.82) is 0 Å². The third-order valence-electron chi connectivity index (χ3n) is 3.57. The summed E-state index contributed by atoms with van der Waals surface area (Å²) in [6.45, 7) is 9.34. The zero-order valence-corrected chi connectivity index (χ0v) is 14.6. The second kappa shape index (κ2) is 8.82. The van der Waals surface area contributed by atoms with Gasteiger partial charge >= 0.3 is 0 Å². The molecule has 1 aromatic carbocycles. The number of rotatable bonds is 8. The highest BCUT2D eigenvalue weighted by Crippen LogP contribution is 2.23. The summed E-state index contributed by atoms with van der Waals surface area (Å²) in [5.74, 6) is 6.17. The number of nitrogens with zero attached hydrogens (tertiary/aromatic N) is 1. The van der Waals surface area contributed by atoms with Gasteiger partial charge in [-0.2, -0.15) is 0 Å². The van der Waals surface area contributed by atoms with E-state index in [9.17, 15) is 8.42 Å². The molecule has 0 bridgehead atoms. The van der Waals surface area contributed by atoms with Crippen LogP contribution in [-0.2, 0) is 9.84 Å². The normalized spacial score (nSPS) is 12.6. The van der Waals surface area contributed by atoms with Gasteiger partial charge < -0.3 is 4.74 Å². The van der Waals surface area contributed by atoms with Crippen LogP contribution in [0.4, 0.5) is 0 Å². The van der Waals surface area contributed by atoms with Crippen LogP contribution in [0, 0.1) is 11.8 Å². The van der Waals surface area contributed by atoms with Gasteiger partial charge in [-0.05, 0) is 50.7 Å². The lowest BCUT2D eigenvalue weighted by Gasteiger charge is -2.28. The maximum Gasteiger partial charge on any atom is 0.194 e. The molecule has 0 saturated carbocycles. The molecule has 122 valence electrons. The molecule has 0 heterocycles. The molecule has 0 N–H and O–H groups in total. The van der Waals surface area contributed by atoms with E-state index < -0.39 is 15.2 Å². The molecular formula is C17H25NO3S. The van der Waals surface area contributed by atoms with Crippen LogP contribution in [0.5, 0.6) is 5.75 Å². The summed E-state index contributed by atoms with van der Waals surface area (Å²) in [6, 6.07) is 6.57. The van der Waals surface area contributed by atoms with Crippen molar-refractivity contribution in [2.75, 3.05) is 19.7 Å². The molecule has 0 radical (unpaired) electrons. The lowest BCUT2D eigenvalue weighted by atomic mass is 10.3. The summed E-state index contributed by atoms with van der Waals surface area (Å²) in [5.41, 5.74) is 0. The Morgan fingerprint density at radius 2 is 1.73 bits per heavy atom. The van der Waals surface area contributed by atoms with Crippen LogP contribution in [0.15, 0.2) is 29.2 Å². The van der Waals surface area contributed by atoms with Gasteiger partial charge in [-0.25, -0.2) is 8.42 Å². The van der Waals surface area contributed by atoms with Gasteiger partial charge in [0.2, 0.25) is 0 Å². The van der Waals surface area contributed by atoms with Crippen LogP contribution < -0.4 is 4.74 Å². The minimum Gasteiger partial charge on any atom is -0.481 e. The number of ether oxygens (including phenoxy) is 1. The Balaban J connectivity index is 2.98. The van der Waals surface area contributed by atoms with Gasteiger partial charge in [-0.15, -0.1) is 5.92 Å². The van der Waals surface area contributed by atoms with Crippen LogP contribution in [0.1, 0.15) is 34.1 Å².